The number of rotatable bonds is 4. The summed E-state index contributed by atoms with van der Waals surface area (Å²) in [6, 6.07) is 8.47. The van der Waals surface area contributed by atoms with E-state index in [0.717, 1.165) is 11.0 Å². The molecule has 2 aromatic rings. The quantitative estimate of drug-likeness (QED) is 0.923. The fourth-order valence-corrected chi connectivity index (χ4v) is 3.68. The molecular formula is C14H17BrN2S. The first-order valence-electron chi connectivity index (χ1n) is 5.84. The minimum atomic E-state index is 0.579. The van der Waals surface area contributed by atoms with Gasteiger partial charge < -0.3 is 10.6 Å². The van der Waals surface area contributed by atoms with Gasteiger partial charge in [0.05, 0.1) is 6.54 Å². The van der Waals surface area contributed by atoms with Gasteiger partial charge in [0.25, 0.3) is 0 Å². The summed E-state index contributed by atoms with van der Waals surface area (Å²) < 4.78 is 1.15. The van der Waals surface area contributed by atoms with E-state index in [1.807, 2.05) is 0 Å². The van der Waals surface area contributed by atoms with Crippen LogP contribution in [0.15, 0.2) is 34.1 Å². The van der Waals surface area contributed by atoms with Crippen molar-refractivity contribution < 1.29 is 0 Å². The van der Waals surface area contributed by atoms with E-state index in [1.165, 1.54) is 21.7 Å². The second-order valence-corrected chi connectivity index (χ2v) is 6.29. The maximum absolute atomic E-state index is 5.82. The van der Waals surface area contributed by atoms with Crippen LogP contribution in [0.5, 0.6) is 0 Å². The smallest absolute Gasteiger partial charge is 0.0520 e. The van der Waals surface area contributed by atoms with Crippen molar-refractivity contribution in [1.29, 1.82) is 0 Å². The molecule has 0 bridgehead atoms. The summed E-state index contributed by atoms with van der Waals surface area (Å²) in [5.41, 5.74) is 9.55. The molecule has 0 atom stereocenters. The molecule has 1 aromatic heterocycles. The third-order valence-electron chi connectivity index (χ3n) is 2.94. The van der Waals surface area contributed by atoms with Gasteiger partial charge in [-0.05, 0) is 40.0 Å². The van der Waals surface area contributed by atoms with Gasteiger partial charge in [0.2, 0.25) is 0 Å². The van der Waals surface area contributed by atoms with Gasteiger partial charge in [-0.15, -0.1) is 11.3 Å². The van der Waals surface area contributed by atoms with Crippen molar-refractivity contribution in [1.82, 2.24) is 0 Å². The van der Waals surface area contributed by atoms with Gasteiger partial charge in [-0.1, -0.05) is 18.2 Å². The zero-order valence-electron chi connectivity index (χ0n) is 10.6. The number of hydrogen-bond donors (Lipinski definition) is 1. The number of benzene rings is 1. The second-order valence-electron chi connectivity index (χ2n) is 4.37. The monoisotopic (exact) mass is 324 g/mol. The van der Waals surface area contributed by atoms with Crippen molar-refractivity contribution in [3.05, 3.63) is 50.1 Å². The van der Waals surface area contributed by atoms with E-state index in [1.54, 1.807) is 11.3 Å². The van der Waals surface area contributed by atoms with Gasteiger partial charge >= 0.3 is 0 Å². The minimum absolute atomic E-state index is 0.579. The Hall–Kier alpha value is -0.840. The van der Waals surface area contributed by atoms with Crippen LogP contribution in [0.3, 0.4) is 0 Å². The topological polar surface area (TPSA) is 29.3 Å². The summed E-state index contributed by atoms with van der Waals surface area (Å²) in [4.78, 5) is 3.62. The Morgan fingerprint density at radius 1 is 1.39 bits per heavy atom. The first-order valence-corrected chi connectivity index (χ1v) is 7.51. The maximum Gasteiger partial charge on any atom is 0.0520 e. The van der Waals surface area contributed by atoms with Crippen LogP contribution in [0.2, 0.25) is 0 Å². The zero-order valence-corrected chi connectivity index (χ0v) is 13.0. The molecular weight excluding hydrogens is 308 g/mol. The molecule has 0 fully saturated rings. The molecule has 0 amide bonds. The molecule has 1 aromatic carbocycles. The third kappa shape index (κ3) is 2.94. The highest BCUT2D eigenvalue weighted by atomic mass is 79.9. The van der Waals surface area contributed by atoms with Gasteiger partial charge in [0, 0.05) is 34.0 Å². The lowest BCUT2D eigenvalue weighted by Gasteiger charge is -2.23. The van der Waals surface area contributed by atoms with Crippen LogP contribution in [0.4, 0.5) is 5.69 Å². The molecule has 0 aliphatic carbocycles. The highest BCUT2D eigenvalue weighted by Gasteiger charge is 2.10. The Morgan fingerprint density at radius 3 is 2.78 bits per heavy atom. The van der Waals surface area contributed by atoms with Gasteiger partial charge in [-0.3, -0.25) is 0 Å². The van der Waals surface area contributed by atoms with E-state index >= 15 is 0 Å². The average Bonchev–Trinajstić information content (AvgIpc) is 2.74. The number of halogens is 1. The van der Waals surface area contributed by atoms with Crippen molar-refractivity contribution in [3.8, 4) is 0 Å². The molecule has 2 N–H and O–H groups in total. The Balaban J connectivity index is 2.25. The number of para-hydroxylation sites is 1. The molecule has 18 heavy (non-hydrogen) atoms. The number of thiophene rings is 1. The summed E-state index contributed by atoms with van der Waals surface area (Å²) in [6.45, 7) is 3.62. The van der Waals surface area contributed by atoms with Crippen LogP contribution in [-0.4, -0.2) is 7.05 Å². The molecule has 0 saturated carbocycles. The molecule has 0 radical (unpaired) electrons. The SMILES string of the molecule is Cc1cccc(CN)c1N(C)Cc1cc(Br)cs1. The third-order valence-corrected chi connectivity index (χ3v) is 4.62. The zero-order chi connectivity index (χ0) is 13.1. The van der Waals surface area contributed by atoms with Crippen molar-refractivity contribution >= 4 is 33.0 Å². The molecule has 96 valence electrons. The van der Waals surface area contributed by atoms with Gasteiger partial charge in [0.15, 0.2) is 0 Å². The second kappa shape index (κ2) is 5.87. The van der Waals surface area contributed by atoms with Crippen molar-refractivity contribution in [2.24, 2.45) is 5.73 Å². The molecule has 4 heteroatoms. The largest absolute Gasteiger partial charge is 0.369 e. The van der Waals surface area contributed by atoms with E-state index in [9.17, 15) is 0 Å². The number of nitrogens with zero attached hydrogens (tertiary/aromatic N) is 1. The Morgan fingerprint density at radius 2 is 2.17 bits per heavy atom. The number of hydrogen-bond acceptors (Lipinski definition) is 3. The summed E-state index contributed by atoms with van der Waals surface area (Å²) in [7, 11) is 2.12. The highest BCUT2D eigenvalue weighted by molar-refractivity contribution is 9.10. The van der Waals surface area contributed by atoms with Gasteiger partial charge in [-0.25, -0.2) is 0 Å². The van der Waals surface area contributed by atoms with Crippen LogP contribution in [0.25, 0.3) is 0 Å². The van der Waals surface area contributed by atoms with E-state index in [0.29, 0.717) is 6.54 Å². The molecule has 0 unspecified atom stereocenters. The first-order chi connectivity index (χ1) is 8.61. The normalized spacial score (nSPS) is 10.7. The fraction of sp³-hybridized carbons (Fsp3) is 0.286. The van der Waals surface area contributed by atoms with Crippen molar-refractivity contribution in [2.75, 3.05) is 11.9 Å². The summed E-state index contributed by atoms with van der Waals surface area (Å²) >= 11 is 5.26. The van der Waals surface area contributed by atoms with Crippen molar-refractivity contribution in [3.63, 3.8) is 0 Å². The van der Waals surface area contributed by atoms with Crippen LogP contribution in [0, 0.1) is 6.92 Å². The molecule has 0 aliphatic rings. The van der Waals surface area contributed by atoms with Crippen LogP contribution < -0.4 is 10.6 Å². The van der Waals surface area contributed by atoms with E-state index in [4.69, 9.17) is 5.73 Å². The molecule has 2 nitrogen and oxygen atoms in total. The van der Waals surface area contributed by atoms with E-state index in [2.05, 4.69) is 64.4 Å². The van der Waals surface area contributed by atoms with Crippen LogP contribution in [-0.2, 0) is 13.1 Å². The van der Waals surface area contributed by atoms with Crippen molar-refractivity contribution in [2.45, 2.75) is 20.0 Å². The van der Waals surface area contributed by atoms with Crippen LogP contribution in [0.1, 0.15) is 16.0 Å². The van der Waals surface area contributed by atoms with Gasteiger partial charge in [0.1, 0.15) is 0 Å². The van der Waals surface area contributed by atoms with Gasteiger partial charge in [-0.2, -0.15) is 0 Å². The lowest BCUT2D eigenvalue weighted by Crippen LogP contribution is -2.19. The van der Waals surface area contributed by atoms with E-state index < -0.39 is 0 Å². The maximum atomic E-state index is 5.82. The molecule has 0 spiro atoms. The Kier molecular flexibility index (Phi) is 4.43. The summed E-state index contributed by atoms with van der Waals surface area (Å²) in [6.07, 6.45) is 0. The van der Waals surface area contributed by atoms with Crippen LogP contribution >= 0.6 is 27.3 Å². The Labute approximate surface area is 121 Å². The Bertz CT molecular complexity index is 536. The fourth-order valence-electron chi connectivity index (χ4n) is 2.18. The predicted octanol–water partition coefficient (Wildman–Crippen LogP) is 3.91. The highest BCUT2D eigenvalue weighted by Crippen LogP contribution is 2.27. The first kappa shape index (κ1) is 13.6. The van der Waals surface area contributed by atoms with E-state index in [-0.39, 0.29) is 0 Å². The standard InChI is InChI=1S/C14H17BrN2S/c1-10-4-3-5-11(7-16)14(10)17(2)8-13-6-12(15)9-18-13/h3-6,9H,7-8,16H2,1-2H3. The molecule has 0 saturated heterocycles. The molecule has 1 heterocycles. The lowest BCUT2D eigenvalue weighted by molar-refractivity contribution is 0.910. The molecule has 2 rings (SSSR count). The summed E-state index contributed by atoms with van der Waals surface area (Å²) in [5, 5.41) is 2.12. The predicted molar refractivity (Wildman–Crippen MR) is 83.2 cm³/mol. The molecule has 0 aliphatic heterocycles. The number of nitrogens with two attached hydrogens (primary N) is 1. The summed E-state index contributed by atoms with van der Waals surface area (Å²) in [5.74, 6) is 0. The lowest BCUT2D eigenvalue weighted by atomic mass is 10.1. The number of aryl methyl sites for hydroxylation is 1. The average molecular weight is 325 g/mol. The number of anilines is 1. The minimum Gasteiger partial charge on any atom is -0.369 e.